The van der Waals surface area contributed by atoms with Crippen molar-refractivity contribution in [3.05, 3.63) is 35.9 Å². The molecule has 0 aromatic heterocycles. The number of aliphatic hydroxyl groups excluding tert-OH is 1. The Morgan fingerprint density at radius 2 is 2.11 bits per heavy atom. The van der Waals surface area contributed by atoms with Gasteiger partial charge >= 0.3 is 5.97 Å². The summed E-state index contributed by atoms with van der Waals surface area (Å²) in [6.07, 6.45) is 0.734. The van der Waals surface area contributed by atoms with Crippen molar-refractivity contribution < 1.29 is 14.6 Å². The summed E-state index contributed by atoms with van der Waals surface area (Å²) < 4.78 is 4.86. The van der Waals surface area contributed by atoms with Gasteiger partial charge in [-0.2, -0.15) is 0 Å². The first-order valence-corrected chi connectivity index (χ1v) is 6.70. The quantitative estimate of drug-likeness (QED) is 0.844. The van der Waals surface area contributed by atoms with Crippen molar-refractivity contribution in [2.75, 3.05) is 13.7 Å². The van der Waals surface area contributed by atoms with Gasteiger partial charge in [0.25, 0.3) is 0 Å². The molecule has 19 heavy (non-hydrogen) atoms. The van der Waals surface area contributed by atoms with Crippen LogP contribution in [0.1, 0.15) is 31.4 Å². The van der Waals surface area contributed by atoms with Crippen LogP contribution in [-0.4, -0.2) is 41.8 Å². The van der Waals surface area contributed by atoms with Gasteiger partial charge in [-0.25, -0.2) is 0 Å². The van der Waals surface area contributed by atoms with E-state index in [1.807, 2.05) is 18.2 Å². The highest BCUT2D eigenvalue weighted by molar-refractivity contribution is 5.76. The lowest BCUT2D eigenvalue weighted by molar-refractivity contribution is -0.151. The molecule has 1 fully saturated rings. The van der Waals surface area contributed by atoms with E-state index < -0.39 is 6.10 Å². The first kappa shape index (κ1) is 14.0. The molecule has 1 aliphatic rings. The molecular formula is C15H21NO3. The first-order chi connectivity index (χ1) is 9.13. The van der Waals surface area contributed by atoms with Crippen molar-refractivity contribution in [2.24, 2.45) is 0 Å². The Bertz CT molecular complexity index is 421. The van der Waals surface area contributed by atoms with E-state index in [1.165, 1.54) is 12.7 Å². The van der Waals surface area contributed by atoms with Crippen LogP contribution in [0.3, 0.4) is 0 Å². The molecule has 1 aromatic rings. The molecule has 2 rings (SSSR count). The number of benzene rings is 1. The zero-order chi connectivity index (χ0) is 13.8. The standard InChI is InChI=1S/C15H21NO3/c1-11(12-6-4-3-5-7-12)16-9-8-13(17)10-14(16)15(18)19-2/h3-7,11,13-14,17H,8-10H2,1-2H3/t11-,13?,14?/m0/s1. The summed E-state index contributed by atoms with van der Waals surface area (Å²) in [6, 6.07) is 9.87. The lowest BCUT2D eigenvalue weighted by Gasteiger charge is -2.40. The van der Waals surface area contributed by atoms with Gasteiger partial charge in [-0.1, -0.05) is 30.3 Å². The fourth-order valence-electron chi connectivity index (χ4n) is 2.72. The predicted octanol–water partition coefficient (Wildman–Crippen LogP) is 1.75. The summed E-state index contributed by atoms with van der Waals surface area (Å²) >= 11 is 0. The third kappa shape index (κ3) is 3.14. The lowest BCUT2D eigenvalue weighted by atomic mass is 9.95. The minimum atomic E-state index is -0.414. The first-order valence-electron chi connectivity index (χ1n) is 6.70. The number of methoxy groups -OCH3 is 1. The number of aliphatic hydroxyl groups is 1. The van der Waals surface area contributed by atoms with E-state index in [4.69, 9.17) is 4.74 Å². The molecule has 2 unspecified atom stereocenters. The van der Waals surface area contributed by atoms with Gasteiger partial charge in [-0.05, 0) is 25.3 Å². The van der Waals surface area contributed by atoms with Gasteiger partial charge in [0, 0.05) is 12.6 Å². The third-order valence-corrected chi connectivity index (χ3v) is 3.87. The normalized spacial score (nSPS) is 25.8. The Morgan fingerprint density at radius 3 is 2.74 bits per heavy atom. The van der Waals surface area contributed by atoms with Gasteiger partial charge < -0.3 is 9.84 Å². The number of carbonyl (C=O) groups excluding carboxylic acids is 1. The molecule has 3 atom stereocenters. The Balaban J connectivity index is 2.18. The average Bonchev–Trinajstić information content (AvgIpc) is 2.46. The average molecular weight is 263 g/mol. The predicted molar refractivity (Wildman–Crippen MR) is 72.6 cm³/mol. The van der Waals surface area contributed by atoms with Crippen molar-refractivity contribution in [3.63, 3.8) is 0 Å². The van der Waals surface area contributed by atoms with Crippen molar-refractivity contribution in [2.45, 2.75) is 38.0 Å². The molecule has 1 aromatic carbocycles. The molecule has 1 N–H and O–H groups in total. The summed E-state index contributed by atoms with van der Waals surface area (Å²) in [6.45, 7) is 2.79. The third-order valence-electron chi connectivity index (χ3n) is 3.87. The molecular weight excluding hydrogens is 242 g/mol. The van der Waals surface area contributed by atoms with Crippen molar-refractivity contribution in [1.29, 1.82) is 0 Å². The molecule has 0 bridgehead atoms. The van der Waals surface area contributed by atoms with E-state index in [2.05, 4.69) is 24.0 Å². The number of hydrogen-bond donors (Lipinski definition) is 1. The van der Waals surface area contributed by atoms with Gasteiger partial charge in [0.2, 0.25) is 0 Å². The summed E-state index contributed by atoms with van der Waals surface area (Å²) in [4.78, 5) is 14.0. The Hall–Kier alpha value is -1.39. The maximum atomic E-state index is 11.9. The molecule has 1 aliphatic heterocycles. The number of nitrogens with zero attached hydrogens (tertiary/aromatic N) is 1. The molecule has 1 saturated heterocycles. The van der Waals surface area contributed by atoms with Gasteiger partial charge in [-0.15, -0.1) is 0 Å². The zero-order valence-electron chi connectivity index (χ0n) is 11.5. The van der Waals surface area contributed by atoms with Crippen LogP contribution in [0.15, 0.2) is 30.3 Å². The van der Waals surface area contributed by atoms with Crippen molar-refractivity contribution in [1.82, 2.24) is 4.90 Å². The van der Waals surface area contributed by atoms with E-state index in [-0.39, 0.29) is 18.1 Å². The number of esters is 1. The topological polar surface area (TPSA) is 49.8 Å². The van der Waals surface area contributed by atoms with Crippen LogP contribution in [0.4, 0.5) is 0 Å². The van der Waals surface area contributed by atoms with Crippen LogP contribution in [0.5, 0.6) is 0 Å². The molecule has 0 spiro atoms. The van der Waals surface area contributed by atoms with Gasteiger partial charge in [0.15, 0.2) is 0 Å². The van der Waals surface area contributed by atoms with Gasteiger partial charge in [-0.3, -0.25) is 9.69 Å². The highest BCUT2D eigenvalue weighted by Gasteiger charge is 2.36. The van der Waals surface area contributed by atoms with Crippen LogP contribution in [0.2, 0.25) is 0 Å². The van der Waals surface area contributed by atoms with Crippen molar-refractivity contribution in [3.8, 4) is 0 Å². The Labute approximate surface area is 114 Å². The van der Waals surface area contributed by atoms with E-state index in [9.17, 15) is 9.90 Å². The second-order valence-electron chi connectivity index (χ2n) is 5.04. The lowest BCUT2D eigenvalue weighted by Crippen LogP contribution is -2.49. The number of ether oxygens (including phenoxy) is 1. The fraction of sp³-hybridized carbons (Fsp3) is 0.533. The number of carbonyl (C=O) groups is 1. The van der Waals surface area contributed by atoms with Crippen LogP contribution in [0.25, 0.3) is 0 Å². The largest absolute Gasteiger partial charge is 0.468 e. The molecule has 1 heterocycles. The Morgan fingerprint density at radius 1 is 1.42 bits per heavy atom. The number of rotatable bonds is 3. The number of piperidine rings is 1. The maximum absolute atomic E-state index is 11.9. The van der Waals surface area contributed by atoms with Crippen LogP contribution >= 0.6 is 0 Å². The van der Waals surface area contributed by atoms with Gasteiger partial charge in [0.1, 0.15) is 6.04 Å². The fourth-order valence-corrected chi connectivity index (χ4v) is 2.72. The highest BCUT2D eigenvalue weighted by Crippen LogP contribution is 2.28. The minimum Gasteiger partial charge on any atom is -0.468 e. The summed E-state index contributed by atoms with van der Waals surface area (Å²) in [5.74, 6) is -0.262. The number of hydrogen-bond acceptors (Lipinski definition) is 4. The molecule has 104 valence electrons. The van der Waals surface area contributed by atoms with Crippen LogP contribution in [-0.2, 0) is 9.53 Å². The second-order valence-corrected chi connectivity index (χ2v) is 5.04. The van der Waals surface area contributed by atoms with Crippen LogP contribution < -0.4 is 0 Å². The molecule has 0 aliphatic carbocycles. The van der Waals surface area contributed by atoms with E-state index >= 15 is 0 Å². The number of likely N-dealkylation sites (tertiary alicyclic amines) is 1. The van der Waals surface area contributed by atoms with Gasteiger partial charge in [0.05, 0.1) is 13.2 Å². The van der Waals surface area contributed by atoms with E-state index in [0.29, 0.717) is 19.4 Å². The molecule has 4 nitrogen and oxygen atoms in total. The zero-order valence-corrected chi connectivity index (χ0v) is 11.5. The minimum absolute atomic E-state index is 0.137. The van der Waals surface area contributed by atoms with E-state index in [0.717, 1.165) is 0 Å². The SMILES string of the molecule is COC(=O)C1CC(O)CCN1[C@@H](C)c1ccccc1. The van der Waals surface area contributed by atoms with Crippen LogP contribution in [0, 0.1) is 0 Å². The molecule has 4 heteroatoms. The van der Waals surface area contributed by atoms with Crippen molar-refractivity contribution >= 4 is 5.97 Å². The molecule has 0 saturated carbocycles. The summed E-state index contributed by atoms with van der Waals surface area (Å²) in [5, 5.41) is 9.76. The Kier molecular flexibility index (Phi) is 4.56. The summed E-state index contributed by atoms with van der Waals surface area (Å²) in [5.41, 5.74) is 1.17. The smallest absolute Gasteiger partial charge is 0.323 e. The summed E-state index contributed by atoms with van der Waals surface area (Å²) in [7, 11) is 1.40. The highest BCUT2D eigenvalue weighted by atomic mass is 16.5. The monoisotopic (exact) mass is 263 g/mol. The molecule has 0 radical (unpaired) electrons. The maximum Gasteiger partial charge on any atom is 0.323 e. The second kappa shape index (κ2) is 6.17. The molecule has 0 amide bonds. The van der Waals surface area contributed by atoms with E-state index in [1.54, 1.807) is 0 Å².